The summed E-state index contributed by atoms with van der Waals surface area (Å²) in [6.07, 6.45) is 0. The molecule has 1 aliphatic rings. The summed E-state index contributed by atoms with van der Waals surface area (Å²) in [6.45, 7) is 1.85. The Balaban J connectivity index is 1.70. The largest absolute Gasteiger partial charge is 0.378 e. The molecule has 0 unspecified atom stereocenters. The first-order chi connectivity index (χ1) is 12.1. The maximum Gasteiger partial charge on any atom is 0.292 e. The van der Waals surface area contributed by atoms with E-state index in [1.165, 1.54) is 12.1 Å². The number of benzene rings is 2. The lowest BCUT2D eigenvalue weighted by molar-refractivity contribution is -0.383. The molecular weight excluding hydrogens is 322 g/mol. The van der Waals surface area contributed by atoms with Crippen molar-refractivity contribution in [3.05, 3.63) is 70.3 Å². The number of para-hydroxylation sites is 2. The smallest absolute Gasteiger partial charge is 0.292 e. The van der Waals surface area contributed by atoms with E-state index in [0.717, 1.165) is 5.56 Å². The average Bonchev–Trinajstić information content (AvgIpc) is 2.63. The Morgan fingerprint density at radius 3 is 2.68 bits per heavy atom. The Labute approximate surface area is 145 Å². The van der Waals surface area contributed by atoms with Crippen LogP contribution in [0.3, 0.4) is 0 Å². The summed E-state index contributed by atoms with van der Waals surface area (Å²) in [5.74, 6) is -0.280. The summed E-state index contributed by atoms with van der Waals surface area (Å²) in [7, 11) is 0. The highest BCUT2D eigenvalue weighted by molar-refractivity contribution is 5.94. The number of amides is 1. The van der Waals surface area contributed by atoms with Gasteiger partial charge in [0.05, 0.1) is 30.7 Å². The highest BCUT2D eigenvalue weighted by Crippen LogP contribution is 2.25. The molecule has 1 heterocycles. The van der Waals surface area contributed by atoms with Crippen molar-refractivity contribution < 1.29 is 14.5 Å². The molecule has 1 fully saturated rings. The van der Waals surface area contributed by atoms with Crippen molar-refractivity contribution in [3.63, 3.8) is 0 Å². The standard InChI is InChI=1S/C18H19N3O4/c22-18(19-15-8-4-5-9-16(15)21(23)24)12-20-10-11-25-13-17(20)14-6-2-1-3-7-14/h1-9,17H,10-13H2,(H,19,22)/t17-/m1/s1. The minimum absolute atomic E-state index is 0.00791. The van der Waals surface area contributed by atoms with Gasteiger partial charge in [-0.25, -0.2) is 0 Å². The van der Waals surface area contributed by atoms with Gasteiger partial charge in [0.1, 0.15) is 5.69 Å². The molecule has 130 valence electrons. The van der Waals surface area contributed by atoms with Crippen molar-refractivity contribution in [2.75, 3.05) is 31.6 Å². The van der Waals surface area contributed by atoms with Crippen molar-refractivity contribution in [1.82, 2.24) is 4.90 Å². The van der Waals surface area contributed by atoms with Gasteiger partial charge in [0.15, 0.2) is 0 Å². The molecule has 1 N–H and O–H groups in total. The average molecular weight is 341 g/mol. The summed E-state index contributed by atoms with van der Waals surface area (Å²) < 4.78 is 5.55. The molecule has 1 aliphatic heterocycles. The van der Waals surface area contributed by atoms with E-state index in [1.807, 2.05) is 35.2 Å². The SMILES string of the molecule is O=C(CN1CCOC[C@@H]1c1ccccc1)Nc1ccccc1[N+](=O)[O-]. The number of carbonyl (C=O) groups excluding carboxylic acids is 1. The Morgan fingerprint density at radius 1 is 1.20 bits per heavy atom. The van der Waals surface area contributed by atoms with E-state index in [9.17, 15) is 14.9 Å². The van der Waals surface area contributed by atoms with Crippen LogP contribution in [0.1, 0.15) is 11.6 Å². The Morgan fingerprint density at radius 2 is 1.92 bits per heavy atom. The van der Waals surface area contributed by atoms with Gasteiger partial charge in [-0.1, -0.05) is 42.5 Å². The zero-order chi connectivity index (χ0) is 17.6. The summed E-state index contributed by atoms with van der Waals surface area (Å²) >= 11 is 0. The van der Waals surface area contributed by atoms with Crippen LogP contribution in [0.2, 0.25) is 0 Å². The van der Waals surface area contributed by atoms with Crippen molar-refractivity contribution in [1.29, 1.82) is 0 Å². The summed E-state index contributed by atoms with van der Waals surface area (Å²) in [5.41, 5.74) is 1.18. The van der Waals surface area contributed by atoms with Crippen molar-refractivity contribution in [3.8, 4) is 0 Å². The number of nitrogens with zero attached hydrogens (tertiary/aromatic N) is 2. The fraction of sp³-hybridized carbons (Fsp3) is 0.278. The molecule has 0 saturated carbocycles. The van der Waals surface area contributed by atoms with Crippen LogP contribution >= 0.6 is 0 Å². The van der Waals surface area contributed by atoms with Gasteiger partial charge in [-0.3, -0.25) is 19.8 Å². The van der Waals surface area contributed by atoms with Gasteiger partial charge in [0, 0.05) is 12.6 Å². The van der Waals surface area contributed by atoms with Crippen molar-refractivity contribution >= 4 is 17.3 Å². The molecule has 1 atom stereocenters. The number of ether oxygens (including phenoxy) is 1. The quantitative estimate of drug-likeness (QED) is 0.667. The van der Waals surface area contributed by atoms with E-state index in [0.29, 0.717) is 19.8 Å². The van der Waals surface area contributed by atoms with Crippen molar-refractivity contribution in [2.24, 2.45) is 0 Å². The monoisotopic (exact) mass is 341 g/mol. The van der Waals surface area contributed by atoms with E-state index in [1.54, 1.807) is 12.1 Å². The van der Waals surface area contributed by atoms with Crippen LogP contribution in [-0.2, 0) is 9.53 Å². The molecule has 7 heteroatoms. The van der Waals surface area contributed by atoms with E-state index in [4.69, 9.17) is 4.74 Å². The molecule has 0 bridgehead atoms. The fourth-order valence-corrected chi connectivity index (χ4v) is 2.92. The molecule has 3 rings (SSSR count). The fourth-order valence-electron chi connectivity index (χ4n) is 2.92. The number of nitro benzene ring substituents is 1. The molecule has 1 amide bonds. The predicted molar refractivity (Wildman–Crippen MR) is 93.3 cm³/mol. The van der Waals surface area contributed by atoms with Crippen LogP contribution in [0.15, 0.2) is 54.6 Å². The maximum atomic E-state index is 12.4. The van der Waals surface area contributed by atoms with E-state index < -0.39 is 4.92 Å². The lowest BCUT2D eigenvalue weighted by Gasteiger charge is -2.35. The third kappa shape index (κ3) is 4.20. The molecule has 7 nitrogen and oxygen atoms in total. The van der Waals surface area contributed by atoms with Gasteiger partial charge < -0.3 is 10.1 Å². The lowest BCUT2D eigenvalue weighted by Crippen LogP contribution is -2.43. The number of nitro groups is 1. The van der Waals surface area contributed by atoms with Crippen LogP contribution in [0.4, 0.5) is 11.4 Å². The molecule has 0 radical (unpaired) electrons. The van der Waals surface area contributed by atoms with Gasteiger partial charge in [-0.2, -0.15) is 0 Å². The Bertz CT molecular complexity index is 751. The number of rotatable bonds is 5. The topological polar surface area (TPSA) is 84.7 Å². The van der Waals surface area contributed by atoms with Crippen LogP contribution < -0.4 is 5.32 Å². The van der Waals surface area contributed by atoms with Gasteiger partial charge in [0.2, 0.25) is 5.91 Å². The number of nitrogens with one attached hydrogen (secondary N) is 1. The van der Waals surface area contributed by atoms with E-state index in [2.05, 4.69) is 5.32 Å². The zero-order valence-electron chi connectivity index (χ0n) is 13.6. The second-order valence-electron chi connectivity index (χ2n) is 5.79. The molecule has 0 aromatic heterocycles. The molecule has 1 saturated heterocycles. The molecular formula is C18H19N3O4. The Kier molecular flexibility index (Phi) is 5.37. The van der Waals surface area contributed by atoms with Gasteiger partial charge in [-0.05, 0) is 11.6 Å². The first-order valence-corrected chi connectivity index (χ1v) is 8.05. The summed E-state index contributed by atoms with van der Waals surface area (Å²) in [5, 5.41) is 13.7. The molecule has 2 aromatic carbocycles. The lowest BCUT2D eigenvalue weighted by atomic mass is 10.1. The number of morpholine rings is 1. The second-order valence-corrected chi connectivity index (χ2v) is 5.79. The number of carbonyl (C=O) groups is 1. The highest BCUT2D eigenvalue weighted by Gasteiger charge is 2.26. The van der Waals surface area contributed by atoms with Gasteiger partial charge in [-0.15, -0.1) is 0 Å². The van der Waals surface area contributed by atoms with Gasteiger partial charge in [0.25, 0.3) is 5.69 Å². The normalized spacial score (nSPS) is 17.8. The Hall–Kier alpha value is -2.77. The van der Waals surface area contributed by atoms with Crippen LogP contribution in [0, 0.1) is 10.1 Å². The molecule has 25 heavy (non-hydrogen) atoms. The van der Waals surface area contributed by atoms with Crippen molar-refractivity contribution in [2.45, 2.75) is 6.04 Å². The second kappa shape index (κ2) is 7.87. The number of hydrogen-bond donors (Lipinski definition) is 1. The minimum Gasteiger partial charge on any atom is -0.378 e. The third-order valence-electron chi connectivity index (χ3n) is 4.15. The summed E-state index contributed by atoms with van der Waals surface area (Å²) in [4.78, 5) is 25.0. The van der Waals surface area contributed by atoms with E-state index in [-0.39, 0.29) is 29.9 Å². The maximum absolute atomic E-state index is 12.4. The first-order valence-electron chi connectivity index (χ1n) is 8.05. The molecule has 2 aromatic rings. The summed E-state index contributed by atoms with van der Waals surface area (Å²) in [6, 6.07) is 16.0. The first kappa shape index (κ1) is 17.1. The highest BCUT2D eigenvalue weighted by atomic mass is 16.6. The van der Waals surface area contributed by atoms with Gasteiger partial charge >= 0.3 is 0 Å². The number of anilines is 1. The molecule has 0 spiro atoms. The van der Waals surface area contributed by atoms with Crippen LogP contribution in [0.25, 0.3) is 0 Å². The predicted octanol–water partition coefficient (Wildman–Crippen LogP) is 2.61. The van der Waals surface area contributed by atoms with Crippen LogP contribution in [0.5, 0.6) is 0 Å². The number of hydrogen-bond acceptors (Lipinski definition) is 5. The third-order valence-corrected chi connectivity index (χ3v) is 4.15. The van der Waals surface area contributed by atoms with Crippen LogP contribution in [-0.4, -0.2) is 42.0 Å². The minimum atomic E-state index is -0.503. The zero-order valence-corrected chi connectivity index (χ0v) is 13.6. The molecule has 0 aliphatic carbocycles. The van der Waals surface area contributed by atoms with E-state index >= 15 is 0 Å².